The Morgan fingerprint density at radius 2 is 1.65 bits per heavy atom. The minimum atomic E-state index is 0.627. The van der Waals surface area contributed by atoms with E-state index in [1.807, 2.05) is 0 Å². The summed E-state index contributed by atoms with van der Waals surface area (Å²) in [7, 11) is 0. The summed E-state index contributed by atoms with van der Waals surface area (Å²) in [6.07, 6.45) is 7.21. The van der Waals surface area contributed by atoms with E-state index >= 15 is 0 Å². The van der Waals surface area contributed by atoms with Crippen molar-refractivity contribution in [3.63, 3.8) is 0 Å². The van der Waals surface area contributed by atoms with Gasteiger partial charge >= 0.3 is 0 Å². The van der Waals surface area contributed by atoms with E-state index in [0.717, 1.165) is 23.7 Å². The third kappa shape index (κ3) is 2.35. The fourth-order valence-corrected chi connectivity index (χ4v) is 5.48. The van der Waals surface area contributed by atoms with Gasteiger partial charge in [-0.25, -0.2) is 0 Å². The standard InChI is InChI=1S/C20H38/c1-9-16(15(4)5)17-12-19(17,7)20(8)13-18(20,6)11-10-14(2)3/h14-17H,9-13H2,1-8H3. The summed E-state index contributed by atoms with van der Waals surface area (Å²) < 4.78 is 0. The molecule has 0 heterocycles. The number of hydrogen-bond donors (Lipinski definition) is 0. The van der Waals surface area contributed by atoms with E-state index < -0.39 is 0 Å². The first-order valence-corrected chi connectivity index (χ1v) is 9.11. The number of hydrogen-bond acceptors (Lipinski definition) is 0. The Balaban J connectivity index is 2.03. The Hall–Kier alpha value is 0. The van der Waals surface area contributed by atoms with Crippen molar-refractivity contribution in [2.24, 2.45) is 39.9 Å². The van der Waals surface area contributed by atoms with Crippen LogP contribution in [0, 0.1) is 39.9 Å². The van der Waals surface area contributed by atoms with Crippen LogP contribution >= 0.6 is 0 Å². The monoisotopic (exact) mass is 278 g/mol. The van der Waals surface area contributed by atoms with E-state index in [1.54, 1.807) is 0 Å². The minimum Gasteiger partial charge on any atom is -0.0651 e. The highest BCUT2D eigenvalue weighted by Gasteiger charge is 2.76. The highest BCUT2D eigenvalue weighted by atomic mass is 14.8. The zero-order valence-electron chi connectivity index (χ0n) is 15.3. The first kappa shape index (κ1) is 16.4. The molecule has 0 aromatic heterocycles. The molecule has 5 unspecified atom stereocenters. The molecule has 2 fully saturated rings. The molecular weight excluding hydrogens is 240 g/mol. The van der Waals surface area contributed by atoms with Crippen LogP contribution in [0.3, 0.4) is 0 Å². The van der Waals surface area contributed by atoms with Crippen molar-refractivity contribution in [1.29, 1.82) is 0 Å². The second-order valence-corrected chi connectivity index (χ2v) is 9.55. The first-order valence-electron chi connectivity index (χ1n) is 9.11. The molecule has 0 N–H and O–H groups in total. The maximum Gasteiger partial charge on any atom is -0.0210 e. The summed E-state index contributed by atoms with van der Waals surface area (Å²) in [4.78, 5) is 0. The van der Waals surface area contributed by atoms with Crippen LogP contribution in [-0.4, -0.2) is 0 Å². The maximum absolute atomic E-state index is 2.61. The lowest BCUT2D eigenvalue weighted by Crippen LogP contribution is -2.24. The van der Waals surface area contributed by atoms with Gasteiger partial charge in [-0.3, -0.25) is 0 Å². The predicted molar refractivity (Wildman–Crippen MR) is 89.7 cm³/mol. The van der Waals surface area contributed by atoms with Crippen LogP contribution in [-0.2, 0) is 0 Å². The summed E-state index contributed by atoms with van der Waals surface area (Å²) in [5.41, 5.74) is 1.90. The Kier molecular flexibility index (Phi) is 4.11. The van der Waals surface area contributed by atoms with Crippen LogP contribution in [0.25, 0.3) is 0 Å². The molecule has 2 saturated carbocycles. The van der Waals surface area contributed by atoms with Crippen molar-refractivity contribution >= 4 is 0 Å². The van der Waals surface area contributed by atoms with Crippen LogP contribution in [0.2, 0.25) is 0 Å². The molecule has 118 valence electrons. The van der Waals surface area contributed by atoms with Gasteiger partial charge in [0, 0.05) is 0 Å². The highest BCUT2D eigenvalue weighted by Crippen LogP contribution is 2.83. The Morgan fingerprint density at radius 3 is 2.10 bits per heavy atom. The van der Waals surface area contributed by atoms with Gasteiger partial charge in [0.1, 0.15) is 0 Å². The summed E-state index contributed by atoms with van der Waals surface area (Å²) in [6, 6.07) is 0. The van der Waals surface area contributed by atoms with Gasteiger partial charge in [0.15, 0.2) is 0 Å². The fraction of sp³-hybridized carbons (Fsp3) is 1.00. The molecule has 0 amide bonds. The Morgan fingerprint density at radius 1 is 1.05 bits per heavy atom. The van der Waals surface area contributed by atoms with Crippen LogP contribution in [0.4, 0.5) is 0 Å². The van der Waals surface area contributed by atoms with E-state index in [2.05, 4.69) is 55.4 Å². The van der Waals surface area contributed by atoms with E-state index in [1.165, 1.54) is 32.1 Å². The lowest BCUT2D eigenvalue weighted by atomic mass is 9.74. The highest BCUT2D eigenvalue weighted by molar-refractivity contribution is 5.24. The molecule has 0 aliphatic heterocycles. The van der Waals surface area contributed by atoms with Gasteiger partial charge in [0.25, 0.3) is 0 Å². The SMILES string of the molecule is CCC(C(C)C)C1CC1(C)C1(C)CC1(C)CCC(C)C. The lowest BCUT2D eigenvalue weighted by molar-refractivity contribution is 0.179. The maximum atomic E-state index is 2.61. The molecule has 20 heavy (non-hydrogen) atoms. The lowest BCUT2D eigenvalue weighted by Gasteiger charge is -2.30. The molecule has 0 nitrogen and oxygen atoms in total. The van der Waals surface area contributed by atoms with Crippen molar-refractivity contribution in [2.75, 3.05) is 0 Å². The van der Waals surface area contributed by atoms with Gasteiger partial charge in [0.05, 0.1) is 0 Å². The summed E-state index contributed by atoms with van der Waals surface area (Å²) in [6.45, 7) is 19.8. The van der Waals surface area contributed by atoms with Crippen LogP contribution in [0.1, 0.15) is 87.5 Å². The van der Waals surface area contributed by atoms with E-state index in [4.69, 9.17) is 0 Å². The fourth-order valence-electron chi connectivity index (χ4n) is 5.48. The zero-order valence-corrected chi connectivity index (χ0v) is 15.3. The van der Waals surface area contributed by atoms with Gasteiger partial charge in [-0.2, -0.15) is 0 Å². The quantitative estimate of drug-likeness (QED) is 0.495. The first-order chi connectivity index (χ1) is 9.11. The number of rotatable bonds is 7. The normalized spacial score (nSPS) is 45.0. The largest absolute Gasteiger partial charge is 0.0651 e. The Labute approximate surface area is 128 Å². The molecule has 5 atom stereocenters. The molecule has 0 saturated heterocycles. The third-order valence-electron chi connectivity index (χ3n) is 7.63. The van der Waals surface area contributed by atoms with E-state index in [-0.39, 0.29) is 0 Å². The molecule has 0 aromatic rings. The second kappa shape index (κ2) is 5.03. The molecule has 0 heteroatoms. The molecule has 0 aromatic carbocycles. The second-order valence-electron chi connectivity index (χ2n) is 9.55. The van der Waals surface area contributed by atoms with Crippen molar-refractivity contribution in [1.82, 2.24) is 0 Å². The van der Waals surface area contributed by atoms with Crippen LogP contribution in [0.5, 0.6) is 0 Å². The smallest absolute Gasteiger partial charge is 0.0210 e. The summed E-state index contributed by atoms with van der Waals surface area (Å²) in [5.74, 6) is 3.67. The molecule has 0 radical (unpaired) electrons. The van der Waals surface area contributed by atoms with E-state index in [0.29, 0.717) is 16.2 Å². The average molecular weight is 279 g/mol. The van der Waals surface area contributed by atoms with Crippen LogP contribution in [0.15, 0.2) is 0 Å². The average Bonchev–Trinajstić information content (AvgIpc) is 3.16. The van der Waals surface area contributed by atoms with Gasteiger partial charge < -0.3 is 0 Å². The molecule has 2 rings (SSSR count). The molecule has 2 aliphatic carbocycles. The predicted octanol–water partition coefficient (Wildman–Crippen LogP) is 6.55. The van der Waals surface area contributed by atoms with Crippen molar-refractivity contribution in [3.05, 3.63) is 0 Å². The van der Waals surface area contributed by atoms with Gasteiger partial charge in [0.2, 0.25) is 0 Å². The molecule has 0 spiro atoms. The zero-order chi connectivity index (χ0) is 15.3. The van der Waals surface area contributed by atoms with Crippen molar-refractivity contribution in [3.8, 4) is 0 Å². The van der Waals surface area contributed by atoms with Crippen LogP contribution < -0.4 is 0 Å². The molecule has 2 aliphatic rings. The van der Waals surface area contributed by atoms with E-state index in [9.17, 15) is 0 Å². The topological polar surface area (TPSA) is 0 Å². The van der Waals surface area contributed by atoms with Gasteiger partial charge in [-0.1, -0.05) is 68.2 Å². The van der Waals surface area contributed by atoms with Gasteiger partial charge in [-0.15, -0.1) is 0 Å². The van der Waals surface area contributed by atoms with Crippen molar-refractivity contribution in [2.45, 2.75) is 87.5 Å². The van der Waals surface area contributed by atoms with Crippen molar-refractivity contribution < 1.29 is 0 Å². The molecular formula is C20H38. The Bertz CT molecular complexity index is 355. The molecule has 0 bridgehead atoms. The summed E-state index contributed by atoms with van der Waals surface area (Å²) >= 11 is 0. The summed E-state index contributed by atoms with van der Waals surface area (Å²) in [5, 5.41) is 0. The van der Waals surface area contributed by atoms with Gasteiger partial charge in [-0.05, 0) is 59.2 Å². The third-order valence-corrected chi connectivity index (χ3v) is 7.63. The minimum absolute atomic E-state index is 0.627.